The number of nitrogens with zero attached hydrogens (tertiary/aromatic N) is 1. The number of amides is 1. The van der Waals surface area contributed by atoms with Crippen LogP contribution in [0.2, 0.25) is 0 Å². The summed E-state index contributed by atoms with van der Waals surface area (Å²) in [5.74, 6) is -1.09. The average Bonchev–Trinajstić information content (AvgIpc) is 2.89. The summed E-state index contributed by atoms with van der Waals surface area (Å²) in [5.41, 5.74) is 5.81. The van der Waals surface area contributed by atoms with E-state index in [9.17, 15) is 14.7 Å². The quantitative estimate of drug-likeness (QED) is 0.467. The Morgan fingerprint density at radius 2 is 2.21 bits per heavy atom. The Hall–Kier alpha value is -2.24. The molecule has 1 heterocycles. The fourth-order valence-electron chi connectivity index (χ4n) is 2.28. The number of phenols is 1. The molecule has 0 bridgehead atoms. The SMILES string of the molecule is COC(=O)[C@@H]1CCCN1C(=O)c1cccc(N)c1O. The molecule has 1 atom stereocenters. The summed E-state index contributed by atoms with van der Waals surface area (Å²) in [4.78, 5) is 25.4. The van der Waals surface area contributed by atoms with Crippen LogP contribution in [0.4, 0.5) is 5.69 Å². The van der Waals surface area contributed by atoms with Gasteiger partial charge in [-0.3, -0.25) is 4.79 Å². The predicted octanol–water partition coefficient (Wildman–Crippen LogP) is 0.752. The highest BCUT2D eigenvalue weighted by Crippen LogP contribution is 2.28. The van der Waals surface area contributed by atoms with Gasteiger partial charge in [0.15, 0.2) is 5.75 Å². The fourth-order valence-corrected chi connectivity index (χ4v) is 2.28. The van der Waals surface area contributed by atoms with E-state index >= 15 is 0 Å². The Kier molecular flexibility index (Phi) is 3.59. The van der Waals surface area contributed by atoms with Crippen molar-refractivity contribution < 1.29 is 19.4 Å². The second kappa shape index (κ2) is 5.17. The number of phenolic OH excluding ortho intramolecular Hbond substituents is 1. The molecule has 102 valence electrons. The molecule has 0 aliphatic carbocycles. The number of aromatic hydroxyl groups is 1. The van der Waals surface area contributed by atoms with E-state index in [1.165, 1.54) is 24.1 Å². The lowest BCUT2D eigenvalue weighted by Gasteiger charge is -2.23. The summed E-state index contributed by atoms with van der Waals surface area (Å²) >= 11 is 0. The topological polar surface area (TPSA) is 92.9 Å². The maximum absolute atomic E-state index is 12.4. The van der Waals surface area contributed by atoms with Crippen LogP contribution in [-0.2, 0) is 9.53 Å². The van der Waals surface area contributed by atoms with Gasteiger partial charge in [0.1, 0.15) is 6.04 Å². The van der Waals surface area contributed by atoms with Crippen molar-refractivity contribution in [3.8, 4) is 5.75 Å². The number of para-hydroxylation sites is 1. The number of benzene rings is 1. The molecule has 19 heavy (non-hydrogen) atoms. The lowest BCUT2D eigenvalue weighted by molar-refractivity contribution is -0.145. The number of anilines is 1. The molecule has 0 radical (unpaired) electrons. The number of rotatable bonds is 2. The van der Waals surface area contributed by atoms with Crippen molar-refractivity contribution in [2.75, 3.05) is 19.4 Å². The molecular weight excluding hydrogens is 248 g/mol. The van der Waals surface area contributed by atoms with Gasteiger partial charge in [-0.1, -0.05) is 6.07 Å². The zero-order chi connectivity index (χ0) is 14.0. The third kappa shape index (κ3) is 2.33. The molecule has 6 nitrogen and oxygen atoms in total. The molecule has 1 saturated heterocycles. The van der Waals surface area contributed by atoms with E-state index in [0.29, 0.717) is 13.0 Å². The Morgan fingerprint density at radius 1 is 1.47 bits per heavy atom. The number of hydrogen-bond acceptors (Lipinski definition) is 5. The van der Waals surface area contributed by atoms with E-state index in [2.05, 4.69) is 4.74 Å². The number of nitrogen functional groups attached to an aromatic ring is 1. The van der Waals surface area contributed by atoms with Crippen LogP contribution >= 0.6 is 0 Å². The number of carbonyl (C=O) groups excluding carboxylic acids is 2. The van der Waals surface area contributed by atoms with Gasteiger partial charge in [0.05, 0.1) is 18.4 Å². The van der Waals surface area contributed by atoms with Gasteiger partial charge in [0.2, 0.25) is 0 Å². The number of esters is 1. The van der Waals surface area contributed by atoms with Gasteiger partial charge in [0.25, 0.3) is 5.91 Å². The van der Waals surface area contributed by atoms with Gasteiger partial charge < -0.3 is 20.5 Å². The number of likely N-dealkylation sites (tertiary alicyclic amines) is 1. The lowest BCUT2D eigenvalue weighted by atomic mass is 10.1. The van der Waals surface area contributed by atoms with E-state index in [4.69, 9.17) is 5.73 Å². The molecule has 1 aliphatic heterocycles. The number of methoxy groups -OCH3 is 1. The highest BCUT2D eigenvalue weighted by atomic mass is 16.5. The largest absolute Gasteiger partial charge is 0.505 e. The molecule has 0 saturated carbocycles. The first-order valence-corrected chi connectivity index (χ1v) is 6.02. The third-order valence-electron chi connectivity index (χ3n) is 3.28. The van der Waals surface area contributed by atoms with Crippen molar-refractivity contribution in [1.82, 2.24) is 4.90 Å². The monoisotopic (exact) mass is 264 g/mol. The number of nitrogens with two attached hydrogens (primary N) is 1. The summed E-state index contributed by atoms with van der Waals surface area (Å²) in [6.45, 7) is 0.465. The molecular formula is C13H16N2O4. The van der Waals surface area contributed by atoms with Gasteiger partial charge in [-0.2, -0.15) is 0 Å². The smallest absolute Gasteiger partial charge is 0.328 e. The Morgan fingerprint density at radius 3 is 2.89 bits per heavy atom. The zero-order valence-corrected chi connectivity index (χ0v) is 10.6. The third-order valence-corrected chi connectivity index (χ3v) is 3.28. The van der Waals surface area contributed by atoms with Gasteiger partial charge in [-0.05, 0) is 25.0 Å². The van der Waals surface area contributed by atoms with Crippen LogP contribution in [-0.4, -0.2) is 41.6 Å². The minimum absolute atomic E-state index is 0.107. The number of ether oxygens (including phenoxy) is 1. The molecule has 1 fully saturated rings. The van der Waals surface area contributed by atoms with Crippen molar-refractivity contribution in [2.24, 2.45) is 0 Å². The molecule has 1 amide bonds. The van der Waals surface area contributed by atoms with Crippen molar-refractivity contribution >= 4 is 17.6 Å². The summed E-state index contributed by atoms with van der Waals surface area (Å²) < 4.78 is 4.68. The molecule has 0 unspecified atom stereocenters. The number of hydrogen-bond donors (Lipinski definition) is 2. The standard InChI is InChI=1S/C13H16N2O4/c1-19-13(18)10-6-3-7-15(10)12(17)8-4-2-5-9(14)11(8)16/h2,4-5,10,16H,3,6-7,14H2,1H3/t10-/m0/s1. The van der Waals surface area contributed by atoms with Crippen LogP contribution in [0, 0.1) is 0 Å². The van der Waals surface area contributed by atoms with Crippen LogP contribution in [0.1, 0.15) is 23.2 Å². The van der Waals surface area contributed by atoms with Gasteiger partial charge >= 0.3 is 5.97 Å². The zero-order valence-electron chi connectivity index (χ0n) is 10.6. The molecule has 2 rings (SSSR count). The lowest BCUT2D eigenvalue weighted by Crippen LogP contribution is -2.41. The van der Waals surface area contributed by atoms with E-state index < -0.39 is 17.9 Å². The van der Waals surface area contributed by atoms with E-state index in [1.54, 1.807) is 6.07 Å². The molecule has 0 aromatic heterocycles. The molecule has 1 aromatic rings. The number of carbonyl (C=O) groups is 2. The predicted molar refractivity (Wildman–Crippen MR) is 68.6 cm³/mol. The first kappa shape index (κ1) is 13.2. The maximum Gasteiger partial charge on any atom is 0.328 e. The summed E-state index contributed by atoms with van der Waals surface area (Å²) in [5, 5.41) is 9.82. The van der Waals surface area contributed by atoms with Crippen molar-refractivity contribution in [3.63, 3.8) is 0 Å². The first-order valence-electron chi connectivity index (χ1n) is 6.02. The van der Waals surface area contributed by atoms with Crippen LogP contribution in [0.3, 0.4) is 0 Å². The first-order chi connectivity index (χ1) is 9.06. The average molecular weight is 264 g/mol. The Bertz CT molecular complexity index is 515. The molecule has 3 N–H and O–H groups in total. The second-order valence-corrected chi connectivity index (χ2v) is 4.42. The van der Waals surface area contributed by atoms with Crippen LogP contribution in [0.15, 0.2) is 18.2 Å². The normalized spacial score (nSPS) is 18.4. The Labute approximate surface area is 110 Å². The van der Waals surface area contributed by atoms with Crippen molar-refractivity contribution in [3.05, 3.63) is 23.8 Å². The molecule has 6 heteroatoms. The van der Waals surface area contributed by atoms with E-state index in [1.807, 2.05) is 0 Å². The summed E-state index contributed by atoms with van der Waals surface area (Å²) in [7, 11) is 1.29. The summed E-state index contributed by atoms with van der Waals surface area (Å²) in [6, 6.07) is 4.00. The summed E-state index contributed by atoms with van der Waals surface area (Å²) in [6.07, 6.45) is 1.30. The van der Waals surface area contributed by atoms with Crippen molar-refractivity contribution in [1.29, 1.82) is 0 Å². The van der Waals surface area contributed by atoms with Crippen LogP contribution in [0.5, 0.6) is 5.75 Å². The fraction of sp³-hybridized carbons (Fsp3) is 0.385. The van der Waals surface area contributed by atoms with Crippen molar-refractivity contribution in [2.45, 2.75) is 18.9 Å². The minimum Gasteiger partial charge on any atom is -0.505 e. The van der Waals surface area contributed by atoms with Crippen LogP contribution in [0.25, 0.3) is 0 Å². The van der Waals surface area contributed by atoms with Crippen LogP contribution < -0.4 is 5.73 Å². The molecule has 1 aromatic carbocycles. The van der Waals surface area contributed by atoms with E-state index in [0.717, 1.165) is 6.42 Å². The molecule has 0 spiro atoms. The van der Waals surface area contributed by atoms with Gasteiger partial charge in [-0.25, -0.2) is 4.79 Å². The Balaban J connectivity index is 2.28. The molecule has 1 aliphatic rings. The van der Waals surface area contributed by atoms with Gasteiger partial charge in [-0.15, -0.1) is 0 Å². The second-order valence-electron chi connectivity index (χ2n) is 4.42. The van der Waals surface area contributed by atoms with E-state index in [-0.39, 0.29) is 17.0 Å². The minimum atomic E-state index is -0.585. The van der Waals surface area contributed by atoms with Gasteiger partial charge in [0, 0.05) is 6.54 Å². The highest BCUT2D eigenvalue weighted by Gasteiger charge is 2.36. The highest BCUT2D eigenvalue weighted by molar-refractivity contribution is 6.00. The maximum atomic E-state index is 12.4.